The van der Waals surface area contributed by atoms with Gasteiger partial charge in [-0.05, 0) is 61.7 Å². The number of rotatable bonds is 4. The first-order valence-electron chi connectivity index (χ1n) is 10.0. The van der Waals surface area contributed by atoms with E-state index in [1.54, 1.807) is 18.2 Å². The van der Waals surface area contributed by atoms with Crippen molar-refractivity contribution in [2.45, 2.75) is 44.8 Å². The maximum atomic E-state index is 12.9. The number of fused-ring (bicyclic) bond motifs is 1. The molecule has 2 N–H and O–H groups in total. The van der Waals surface area contributed by atoms with E-state index in [0.29, 0.717) is 23.1 Å². The van der Waals surface area contributed by atoms with Crippen LogP contribution in [0.5, 0.6) is 0 Å². The maximum absolute atomic E-state index is 12.9. The smallest absolute Gasteiger partial charge is 0.255 e. The molecule has 0 aromatic heterocycles. The SMILES string of the molecule is CC(C)(NC(=O)c1ccc2c(c1)CN(C1CCC(=O)NC1=O)C2=O)c1ccc(Br)cc1. The number of nitrogens with one attached hydrogen (secondary N) is 2. The second-order valence-corrected chi connectivity index (χ2v) is 9.27. The molecule has 0 spiro atoms. The van der Waals surface area contributed by atoms with Gasteiger partial charge in [-0.3, -0.25) is 24.5 Å². The highest BCUT2D eigenvalue weighted by atomic mass is 79.9. The summed E-state index contributed by atoms with van der Waals surface area (Å²) in [6.07, 6.45) is 0.508. The molecule has 7 nitrogen and oxygen atoms in total. The van der Waals surface area contributed by atoms with Crippen molar-refractivity contribution in [1.29, 1.82) is 0 Å². The monoisotopic (exact) mass is 483 g/mol. The number of hydrogen-bond acceptors (Lipinski definition) is 4. The minimum absolute atomic E-state index is 0.204. The predicted octanol–water partition coefficient (Wildman–Crippen LogP) is 2.88. The van der Waals surface area contributed by atoms with Gasteiger partial charge in [-0.2, -0.15) is 0 Å². The van der Waals surface area contributed by atoms with Gasteiger partial charge in [0.1, 0.15) is 6.04 Å². The second kappa shape index (κ2) is 7.92. The Morgan fingerprint density at radius 2 is 1.84 bits per heavy atom. The zero-order chi connectivity index (χ0) is 22.3. The predicted molar refractivity (Wildman–Crippen MR) is 117 cm³/mol. The van der Waals surface area contributed by atoms with Gasteiger partial charge >= 0.3 is 0 Å². The lowest BCUT2D eigenvalue weighted by Gasteiger charge is -2.29. The summed E-state index contributed by atoms with van der Waals surface area (Å²) in [4.78, 5) is 50.8. The number of amides is 4. The molecule has 31 heavy (non-hydrogen) atoms. The van der Waals surface area contributed by atoms with Crippen LogP contribution < -0.4 is 10.6 Å². The van der Waals surface area contributed by atoms with Crippen molar-refractivity contribution in [1.82, 2.24) is 15.5 Å². The quantitative estimate of drug-likeness (QED) is 0.653. The second-order valence-electron chi connectivity index (χ2n) is 8.36. The van der Waals surface area contributed by atoms with Gasteiger partial charge in [0.25, 0.3) is 11.8 Å². The van der Waals surface area contributed by atoms with Crippen LogP contribution in [0.2, 0.25) is 0 Å². The summed E-state index contributed by atoms with van der Waals surface area (Å²) in [6.45, 7) is 4.09. The minimum atomic E-state index is -0.675. The van der Waals surface area contributed by atoms with Gasteiger partial charge in [-0.15, -0.1) is 0 Å². The van der Waals surface area contributed by atoms with E-state index in [1.165, 1.54) is 4.90 Å². The summed E-state index contributed by atoms with van der Waals surface area (Å²) in [5, 5.41) is 5.33. The van der Waals surface area contributed by atoms with Gasteiger partial charge in [0.05, 0.1) is 5.54 Å². The third kappa shape index (κ3) is 4.12. The maximum Gasteiger partial charge on any atom is 0.255 e. The Kier molecular flexibility index (Phi) is 5.43. The molecule has 0 bridgehead atoms. The van der Waals surface area contributed by atoms with Crippen molar-refractivity contribution in [3.63, 3.8) is 0 Å². The van der Waals surface area contributed by atoms with Crippen molar-refractivity contribution >= 4 is 39.6 Å². The summed E-state index contributed by atoms with van der Waals surface area (Å²) in [5.74, 6) is -1.28. The van der Waals surface area contributed by atoms with Crippen molar-refractivity contribution in [3.8, 4) is 0 Å². The van der Waals surface area contributed by atoms with Gasteiger partial charge in [-0.1, -0.05) is 28.1 Å². The van der Waals surface area contributed by atoms with E-state index in [9.17, 15) is 19.2 Å². The Balaban J connectivity index is 1.51. The molecule has 1 fully saturated rings. The van der Waals surface area contributed by atoms with E-state index < -0.39 is 17.5 Å². The van der Waals surface area contributed by atoms with E-state index in [-0.39, 0.29) is 30.7 Å². The van der Waals surface area contributed by atoms with Crippen molar-refractivity contribution < 1.29 is 19.2 Å². The third-order valence-electron chi connectivity index (χ3n) is 5.78. The minimum Gasteiger partial charge on any atom is -0.343 e. The van der Waals surface area contributed by atoms with Crippen LogP contribution in [-0.4, -0.2) is 34.6 Å². The van der Waals surface area contributed by atoms with Crippen LogP contribution in [0, 0.1) is 0 Å². The molecule has 4 rings (SSSR count). The van der Waals surface area contributed by atoms with Crippen molar-refractivity contribution in [2.24, 2.45) is 0 Å². The molecule has 1 unspecified atom stereocenters. The lowest BCUT2D eigenvalue weighted by Crippen LogP contribution is -2.52. The van der Waals surface area contributed by atoms with Gasteiger partial charge in [0, 0.05) is 28.6 Å². The van der Waals surface area contributed by atoms with Crippen LogP contribution in [0.15, 0.2) is 46.9 Å². The number of hydrogen-bond donors (Lipinski definition) is 2. The third-order valence-corrected chi connectivity index (χ3v) is 6.31. The molecule has 2 aliphatic heterocycles. The number of piperidine rings is 1. The fraction of sp³-hybridized carbons (Fsp3) is 0.304. The molecule has 2 aliphatic rings. The van der Waals surface area contributed by atoms with Gasteiger partial charge < -0.3 is 10.2 Å². The lowest BCUT2D eigenvalue weighted by atomic mass is 9.93. The first kappa shape index (κ1) is 21.2. The largest absolute Gasteiger partial charge is 0.343 e. The molecule has 1 atom stereocenters. The number of halogens is 1. The topological polar surface area (TPSA) is 95.6 Å². The Morgan fingerprint density at radius 1 is 1.13 bits per heavy atom. The Hall–Kier alpha value is -3.00. The zero-order valence-electron chi connectivity index (χ0n) is 17.2. The highest BCUT2D eigenvalue weighted by Crippen LogP contribution is 2.29. The average molecular weight is 484 g/mol. The molecule has 0 saturated carbocycles. The first-order chi connectivity index (χ1) is 14.7. The van der Waals surface area contributed by atoms with Crippen LogP contribution in [0.3, 0.4) is 0 Å². The Morgan fingerprint density at radius 3 is 2.52 bits per heavy atom. The number of benzene rings is 2. The van der Waals surface area contributed by atoms with Crippen LogP contribution >= 0.6 is 15.9 Å². The van der Waals surface area contributed by atoms with Crippen LogP contribution in [0.1, 0.15) is 58.5 Å². The molecule has 0 aliphatic carbocycles. The van der Waals surface area contributed by atoms with Gasteiger partial charge in [0.15, 0.2) is 0 Å². The molecule has 4 amide bonds. The Labute approximate surface area is 188 Å². The van der Waals surface area contributed by atoms with Crippen molar-refractivity contribution in [2.75, 3.05) is 0 Å². The van der Waals surface area contributed by atoms with E-state index in [4.69, 9.17) is 0 Å². The number of nitrogens with zero attached hydrogens (tertiary/aromatic N) is 1. The van der Waals surface area contributed by atoms with Crippen LogP contribution in [-0.2, 0) is 21.7 Å². The summed E-state index contributed by atoms with van der Waals surface area (Å²) in [6, 6.07) is 12.0. The summed E-state index contributed by atoms with van der Waals surface area (Å²) < 4.78 is 0.960. The fourth-order valence-electron chi connectivity index (χ4n) is 4.01. The standard InChI is InChI=1S/C23H22BrN3O4/c1-23(2,15-4-6-16(24)7-5-15)26-20(29)13-3-8-17-14(11-13)12-27(22(17)31)18-9-10-19(28)25-21(18)30/h3-8,11,18H,9-10,12H2,1-2H3,(H,26,29)(H,25,28,30). The summed E-state index contributed by atoms with van der Waals surface area (Å²) in [7, 11) is 0. The summed E-state index contributed by atoms with van der Waals surface area (Å²) in [5.41, 5.74) is 1.99. The number of imide groups is 1. The molecule has 2 aromatic carbocycles. The number of carbonyl (C=O) groups is 4. The highest BCUT2D eigenvalue weighted by Gasteiger charge is 2.39. The summed E-state index contributed by atoms with van der Waals surface area (Å²) >= 11 is 3.41. The average Bonchev–Trinajstić information content (AvgIpc) is 3.04. The molecule has 160 valence electrons. The molecule has 1 saturated heterocycles. The fourth-order valence-corrected chi connectivity index (χ4v) is 4.27. The zero-order valence-corrected chi connectivity index (χ0v) is 18.8. The van der Waals surface area contributed by atoms with Gasteiger partial charge in [-0.25, -0.2) is 0 Å². The van der Waals surface area contributed by atoms with Crippen molar-refractivity contribution in [3.05, 3.63) is 69.2 Å². The van der Waals surface area contributed by atoms with Gasteiger partial charge in [0.2, 0.25) is 11.8 Å². The lowest BCUT2D eigenvalue weighted by molar-refractivity contribution is -0.136. The molecule has 0 radical (unpaired) electrons. The Bertz CT molecular complexity index is 1090. The molecule has 2 aromatic rings. The first-order valence-corrected chi connectivity index (χ1v) is 10.8. The number of carbonyl (C=O) groups excluding carboxylic acids is 4. The van der Waals surface area contributed by atoms with Crippen LogP contribution in [0.25, 0.3) is 0 Å². The molecule has 8 heteroatoms. The van der Waals surface area contributed by atoms with E-state index >= 15 is 0 Å². The van der Waals surface area contributed by atoms with E-state index in [2.05, 4.69) is 26.6 Å². The molecular weight excluding hydrogens is 462 g/mol. The van der Waals surface area contributed by atoms with E-state index in [1.807, 2.05) is 38.1 Å². The molecule has 2 heterocycles. The van der Waals surface area contributed by atoms with Crippen LogP contribution in [0.4, 0.5) is 0 Å². The highest BCUT2D eigenvalue weighted by molar-refractivity contribution is 9.10. The molecular formula is C23H22BrN3O4. The normalized spacial score (nSPS) is 18.6. The van der Waals surface area contributed by atoms with E-state index in [0.717, 1.165) is 10.0 Å².